The molecule has 102 valence electrons. The lowest BCUT2D eigenvalue weighted by Gasteiger charge is -2.10. The van der Waals surface area contributed by atoms with E-state index >= 15 is 0 Å². The van der Waals surface area contributed by atoms with E-state index in [1.165, 1.54) is 5.38 Å². The number of hydrogen-bond acceptors (Lipinski definition) is 5. The van der Waals surface area contributed by atoms with Gasteiger partial charge in [-0.15, -0.1) is 11.3 Å². The molecule has 1 saturated heterocycles. The SMILES string of the molecule is CCCC1NC(=O)N(Cc2csc(C(=O)O)n2)C1=O. The van der Waals surface area contributed by atoms with Crippen molar-refractivity contribution in [1.82, 2.24) is 15.2 Å². The third kappa shape index (κ3) is 2.73. The number of urea groups is 1. The number of amides is 3. The maximum Gasteiger partial charge on any atom is 0.365 e. The maximum absolute atomic E-state index is 12.0. The molecule has 1 atom stereocenters. The molecular formula is C11H13N3O4S. The molecule has 8 heteroatoms. The Morgan fingerprint density at radius 3 is 2.89 bits per heavy atom. The third-order valence-electron chi connectivity index (χ3n) is 2.74. The van der Waals surface area contributed by atoms with E-state index in [0.717, 1.165) is 22.7 Å². The fraction of sp³-hybridized carbons (Fsp3) is 0.455. The van der Waals surface area contributed by atoms with E-state index in [1.54, 1.807) is 0 Å². The Balaban J connectivity index is 2.07. The predicted molar refractivity (Wildman–Crippen MR) is 66.9 cm³/mol. The number of carboxylic acid groups (broad SMARTS) is 1. The van der Waals surface area contributed by atoms with Gasteiger partial charge in [-0.1, -0.05) is 13.3 Å². The van der Waals surface area contributed by atoms with E-state index < -0.39 is 18.0 Å². The smallest absolute Gasteiger partial charge is 0.365 e. The Morgan fingerprint density at radius 2 is 2.32 bits per heavy atom. The molecule has 2 N–H and O–H groups in total. The zero-order chi connectivity index (χ0) is 14.0. The van der Waals surface area contributed by atoms with Crippen LogP contribution in [-0.2, 0) is 11.3 Å². The van der Waals surface area contributed by atoms with Crippen molar-refractivity contribution in [2.75, 3.05) is 0 Å². The number of carbonyl (C=O) groups is 3. The molecule has 1 aliphatic heterocycles. The number of aromatic carboxylic acids is 1. The minimum atomic E-state index is -1.11. The first-order valence-electron chi connectivity index (χ1n) is 5.82. The van der Waals surface area contributed by atoms with Gasteiger partial charge in [-0.3, -0.25) is 9.69 Å². The highest BCUT2D eigenvalue weighted by Gasteiger charge is 2.37. The average Bonchev–Trinajstić information content (AvgIpc) is 2.91. The standard InChI is InChI=1S/C11H13N3O4S/c1-2-3-7-9(15)14(11(18)13-7)4-6-5-19-8(12-6)10(16)17/h5,7H,2-4H2,1H3,(H,13,18)(H,16,17). The van der Waals surface area contributed by atoms with Crippen LogP contribution < -0.4 is 5.32 Å². The molecule has 1 aromatic heterocycles. The maximum atomic E-state index is 12.0. The first-order valence-corrected chi connectivity index (χ1v) is 6.70. The van der Waals surface area contributed by atoms with Crippen LogP contribution in [-0.4, -0.2) is 38.9 Å². The van der Waals surface area contributed by atoms with Gasteiger partial charge in [0.15, 0.2) is 0 Å². The number of nitrogens with one attached hydrogen (secondary N) is 1. The third-order valence-corrected chi connectivity index (χ3v) is 3.62. The van der Waals surface area contributed by atoms with Gasteiger partial charge in [-0.2, -0.15) is 0 Å². The molecule has 0 bridgehead atoms. The van der Waals surface area contributed by atoms with E-state index in [-0.39, 0.29) is 17.5 Å². The van der Waals surface area contributed by atoms with Crippen molar-refractivity contribution in [3.63, 3.8) is 0 Å². The Labute approximate surface area is 113 Å². The van der Waals surface area contributed by atoms with Crippen molar-refractivity contribution in [3.8, 4) is 0 Å². The molecule has 2 rings (SSSR count). The minimum Gasteiger partial charge on any atom is -0.476 e. The van der Waals surface area contributed by atoms with E-state index in [0.29, 0.717) is 12.1 Å². The van der Waals surface area contributed by atoms with Gasteiger partial charge >= 0.3 is 12.0 Å². The van der Waals surface area contributed by atoms with Crippen molar-refractivity contribution in [1.29, 1.82) is 0 Å². The number of rotatable bonds is 5. The molecule has 0 radical (unpaired) electrons. The van der Waals surface area contributed by atoms with Gasteiger partial charge in [0.2, 0.25) is 5.01 Å². The van der Waals surface area contributed by atoms with Gasteiger partial charge in [0.25, 0.3) is 5.91 Å². The number of hydrogen-bond donors (Lipinski definition) is 2. The summed E-state index contributed by atoms with van der Waals surface area (Å²) >= 11 is 0.974. The quantitative estimate of drug-likeness (QED) is 0.787. The molecule has 1 fully saturated rings. The number of carbonyl (C=O) groups excluding carboxylic acids is 2. The molecule has 0 spiro atoms. The molecule has 0 aliphatic carbocycles. The summed E-state index contributed by atoms with van der Waals surface area (Å²) in [5.74, 6) is -1.39. The summed E-state index contributed by atoms with van der Waals surface area (Å²) < 4.78 is 0. The molecule has 2 heterocycles. The predicted octanol–water partition coefficient (Wildman–Crippen LogP) is 1.06. The van der Waals surface area contributed by atoms with Crippen molar-refractivity contribution in [3.05, 3.63) is 16.1 Å². The second kappa shape index (κ2) is 5.35. The monoisotopic (exact) mass is 283 g/mol. The molecule has 1 aromatic rings. The average molecular weight is 283 g/mol. The number of thiazole rings is 1. The molecule has 1 unspecified atom stereocenters. The van der Waals surface area contributed by atoms with E-state index in [2.05, 4.69) is 10.3 Å². The van der Waals surface area contributed by atoms with Crippen molar-refractivity contribution in [2.45, 2.75) is 32.4 Å². The second-order valence-electron chi connectivity index (χ2n) is 4.16. The first-order chi connectivity index (χ1) is 9.02. The zero-order valence-electron chi connectivity index (χ0n) is 10.3. The number of imide groups is 1. The number of carboxylic acids is 1. The molecule has 3 amide bonds. The highest BCUT2D eigenvalue weighted by atomic mass is 32.1. The lowest BCUT2D eigenvalue weighted by Crippen LogP contribution is -2.31. The van der Waals surface area contributed by atoms with Crippen LogP contribution in [0.3, 0.4) is 0 Å². The van der Waals surface area contributed by atoms with Gasteiger partial charge < -0.3 is 10.4 Å². The van der Waals surface area contributed by atoms with Gasteiger partial charge in [0.05, 0.1) is 12.2 Å². The minimum absolute atomic E-state index is 0.00859. The summed E-state index contributed by atoms with van der Waals surface area (Å²) in [7, 11) is 0. The summed E-state index contributed by atoms with van der Waals surface area (Å²) in [6.45, 7) is 1.94. The topological polar surface area (TPSA) is 99.6 Å². The molecule has 19 heavy (non-hydrogen) atoms. The van der Waals surface area contributed by atoms with Crippen LogP contribution in [0.4, 0.5) is 4.79 Å². The molecule has 7 nitrogen and oxygen atoms in total. The highest BCUT2D eigenvalue weighted by molar-refractivity contribution is 7.11. The van der Waals surface area contributed by atoms with Gasteiger partial charge in [-0.05, 0) is 6.42 Å². The van der Waals surface area contributed by atoms with Crippen LogP contribution in [0.15, 0.2) is 5.38 Å². The molecule has 0 saturated carbocycles. The summed E-state index contributed by atoms with van der Waals surface area (Å²) in [5, 5.41) is 12.9. The Bertz CT molecular complexity index is 528. The van der Waals surface area contributed by atoms with Gasteiger partial charge in [0, 0.05) is 5.38 Å². The molecule has 0 aromatic carbocycles. The van der Waals surface area contributed by atoms with E-state index in [9.17, 15) is 14.4 Å². The van der Waals surface area contributed by atoms with E-state index in [1.807, 2.05) is 6.92 Å². The number of nitrogens with zero attached hydrogens (tertiary/aromatic N) is 2. The lowest BCUT2D eigenvalue weighted by atomic mass is 10.2. The van der Waals surface area contributed by atoms with Crippen LogP contribution in [0, 0.1) is 0 Å². The van der Waals surface area contributed by atoms with Crippen LogP contribution in [0.2, 0.25) is 0 Å². The summed E-state index contributed by atoms with van der Waals surface area (Å²) in [4.78, 5) is 39.3. The van der Waals surface area contributed by atoms with Crippen molar-refractivity contribution in [2.24, 2.45) is 0 Å². The lowest BCUT2D eigenvalue weighted by molar-refractivity contribution is -0.128. The Hall–Kier alpha value is -1.96. The largest absolute Gasteiger partial charge is 0.476 e. The van der Waals surface area contributed by atoms with Crippen LogP contribution >= 0.6 is 11.3 Å². The van der Waals surface area contributed by atoms with Gasteiger partial charge in [-0.25, -0.2) is 14.6 Å². The zero-order valence-corrected chi connectivity index (χ0v) is 11.1. The van der Waals surface area contributed by atoms with Gasteiger partial charge in [0.1, 0.15) is 6.04 Å². The van der Waals surface area contributed by atoms with Crippen molar-refractivity contribution < 1.29 is 19.5 Å². The molecular weight excluding hydrogens is 270 g/mol. The van der Waals surface area contributed by atoms with Crippen molar-refractivity contribution >= 4 is 29.2 Å². The Kier molecular flexibility index (Phi) is 3.79. The normalized spacial score (nSPS) is 18.8. The highest BCUT2D eigenvalue weighted by Crippen LogP contribution is 2.16. The fourth-order valence-electron chi connectivity index (χ4n) is 1.85. The van der Waals surface area contributed by atoms with Crippen LogP contribution in [0.25, 0.3) is 0 Å². The van der Waals surface area contributed by atoms with E-state index in [4.69, 9.17) is 5.11 Å². The summed E-state index contributed by atoms with van der Waals surface area (Å²) in [6.07, 6.45) is 1.39. The molecule has 1 aliphatic rings. The summed E-state index contributed by atoms with van der Waals surface area (Å²) in [5.41, 5.74) is 0.406. The summed E-state index contributed by atoms with van der Waals surface area (Å²) in [6, 6.07) is -0.927. The fourth-order valence-corrected chi connectivity index (χ4v) is 2.50. The number of aromatic nitrogens is 1. The first kappa shape index (κ1) is 13.5. The Morgan fingerprint density at radius 1 is 1.58 bits per heavy atom. The van der Waals surface area contributed by atoms with Crippen LogP contribution in [0.1, 0.15) is 35.3 Å². The van der Waals surface area contributed by atoms with Crippen LogP contribution in [0.5, 0.6) is 0 Å². The second-order valence-corrected chi connectivity index (χ2v) is 5.02.